The Morgan fingerprint density at radius 2 is 1.77 bits per heavy atom. The highest BCUT2D eigenvalue weighted by Gasteiger charge is 2.51. The molecule has 3 rings (SSSR count). The lowest BCUT2D eigenvalue weighted by Crippen LogP contribution is -2.44. The molecule has 156 valence electrons. The fourth-order valence-corrected chi connectivity index (χ4v) is 4.06. The van der Waals surface area contributed by atoms with Crippen molar-refractivity contribution >= 4 is 41.2 Å². The van der Waals surface area contributed by atoms with Crippen molar-refractivity contribution in [3.63, 3.8) is 0 Å². The summed E-state index contributed by atoms with van der Waals surface area (Å²) < 4.78 is 0. The molecule has 2 aromatic rings. The number of carbonyl (C=O) groups is 4. The zero-order valence-electron chi connectivity index (χ0n) is 16.4. The van der Waals surface area contributed by atoms with Crippen molar-refractivity contribution in [3.8, 4) is 0 Å². The molecule has 5 amide bonds. The van der Waals surface area contributed by atoms with Gasteiger partial charge < -0.3 is 16.4 Å². The first-order valence-corrected chi connectivity index (χ1v) is 10.4. The minimum Gasteiger partial charge on any atom is -0.369 e. The molecular formula is C21H22N4O4S. The van der Waals surface area contributed by atoms with Crippen molar-refractivity contribution in [2.75, 3.05) is 17.6 Å². The molecule has 1 unspecified atom stereocenters. The Labute approximate surface area is 178 Å². The predicted octanol–water partition coefficient (Wildman–Crippen LogP) is 2.06. The minimum atomic E-state index is -1.19. The van der Waals surface area contributed by atoms with Gasteiger partial charge in [-0.2, -0.15) is 0 Å². The van der Waals surface area contributed by atoms with Crippen molar-refractivity contribution in [3.05, 3.63) is 60.2 Å². The van der Waals surface area contributed by atoms with Gasteiger partial charge >= 0.3 is 6.03 Å². The second-order valence-corrected chi connectivity index (χ2v) is 7.76. The summed E-state index contributed by atoms with van der Waals surface area (Å²) in [5.41, 5.74) is 5.14. The van der Waals surface area contributed by atoms with Crippen molar-refractivity contribution in [1.29, 1.82) is 0 Å². The molecule has 0 aliphatic carbocycles. The summed E-state index contributed by atoms with van der Waals surface area (Å²) in [5, 5.41) is 5.45. The number of rotatable bonds is 8. The highest BCUT2D eigenvalue weighted by Crippen LogP contribution is 2.32. The van der Waals surface area contributed by atoms with Gasteiger partial charge in [-0.25, -0.2) is 4.79 Å². The van der Waals surface area contributed by atoms with Crippen LogP contribution in [-0.2, 0) is 19.9 Å². The van der Waals surface area contributed by atoms with E-state index in [2.05, 4.69) is 10.6 Å². The summed E-state index contributed by atoms with van der Waals surface area (Å²) in [6.07, 6.45) is 0.353. The van der Waals surface area contributed by atoms with Gasteiger partial charge in [0.2, 0.25) is 11.8 Å². The Bertz CT molecular complexity index is 982. The lowest BCUT2D eigenvalue weighted by molar-refractivity contribution is -0.134. The second kappa shape index (κ2) is 9.00. The number of nitrogens with one attached hydrogen (secondary N) is 2. The number of para-hydroxylation sites is 1. The van der Waals surface area contributed by atoms with E-state index in [9.17, 15) is 19.2 Å². The van der Waals surface area contributed by atoms with E-state index < -0.39 is 35.8 Å². The standard InChI is InChI=1S/C21H22N4O4S/c1-2-21(14-8-4-3-5-9-14)19(28)25(20(29)24-21)12-18(27)23-15-10-6-7-11-16(15)30-13-17(22)26/h3-11H,2,12-13H2,1H3,(H2,22,26)(H,23,27)(H,24,29). The molecule has 9 heteroatoms. The molecular weight excluding hydrogens is 404 g/mol. The number of nitrogens with two attached hydrogens (primary N) is 1. The molecule has 0 bridgehead atoms. The number of hydrogen-bond acceptors (Lipinski definition) is 5. The Hall–Kier alpha value is -3.33. The van der Waals surface area contributed by atoms with Gasteiger partial charge in [0.1, 0.15) is 12.1 Å². The number of primary amides is 1. The quantitative estimate of drug-likeness (QED) is 0.441. The smallest absolute Gasteiger partial charge is 0.325 e. The lowest BCUT2D eigenvalue weighted by Gasteiger charge is -2.25. The number of imide groups is 1. The summed E-state index contributed by atoms with van der Waals surface area (Å²) >= 11 is 1.19. The van der Waals surface area contributed by atoms with E-state index in [1.165, 1.54) is 11.8 Å². The van der Waals surface area contributed by atoms with Crippen LogP contribution in [0.1, 0.15) is 18.9 Å². The van der Waals surface area contributed by atoms with Crippen LogP contribution in [0.4, 0.5) is 10.5 Å². The number of amides is 5. The molecule has 1 heterocycles. The third kappa shape index (κ3) is 4.30. The van der Waals surface area contributed by atoms with E-state index >= 15 is 0 Å². The minimum absolute atomic E-state index is 0.0655. The molecule has 1 aliphatic rings. The van der Waals surface area contributed by atoms with Gasteiger partial charge in [-0.15, -0.1) is 11.8 Å². The number of urea groups is 1. The fraction of sp³-hybridized carbons (Fsp3) is 0.238. The van der Waals surface area contributed by atoms with E-state index in [-0.39, 0.29) is 5.75 Å². The maximum absolute atomic E-state index is 13.1. The Morgan fingerprint density at radius 3 is 2.43 bits per heavy atom. The van der Waals surface area contributed by atoms with Gasteiger partial charge in [-0.05, 0) is 24.1 Å². The van der Waals surface area contributed by atoms with Crippen molar-refractivity contribution in [1.82, 2.24) is 10.2 Å². The molecule has 8 nitrogen and oxygen atoms in total. The zero-order chi connectivity index (χ0) is 21.7. The van der Waals surface area contributed by atoms with Crippen LogP contribution < -0.4 is 16.4 Å². The second-order valence-electron chi connectivity index (χ2n) is 6.75. The van der Waals surface area contributed by atoms with Gasteiger partial charge in [0.25, 0.3) is 5.91 Å². The van der Waals surface area contributed by atoms with E-state index in [4.69, 9.17) is 5.73 Å². The van der Waals surface area contributed by atoms with Crippen molar-refractivity contribution in [2.24, 2.45) is 5.73 Å². The van der Waals surface area contributed by atoms with Gasteiger partial charge in [0.05, 0.1) is 11.4 Å². The molecule has 0 spiro atoms. The number of carbonyl (C=O) groups excluding carboxylic acids is 4. The Morgan fingerprint density at radius 1 is 1.10 bits per heavy atom. The summed E-state index contributed by atoms with van der Waals surface area (Å²) in [5.74, 6) is -1.40. The van der Waals surface area contributed by atoms with Gasteiger partial charge in [-0.1, -0.05) is 49.4 Å². The summed E-state index contributed by atoms with van der Waals surface area (Å²) in [4.78, 5) is 50.9. The maximum Gasteiger partial charge on any atom is 0.325 e. The van der Waals surface area contributed by atoms with Crippen LogP contribution in [0.5, 0.6) is 0 Å². The third-order valence-corrected chi connectivity index (χ3v) is 5.90. The van der Waals surface area contributed by atoms with Crippen LogP contribution >= 0.6 is 11.8 Å². The number of nitrogens with zero attached hydrogens (tertiary/aromatic N) is 1. The maximum atomic E-state index is 13.1. The third-order valence-electron chi connectivity index (χ3n) is 4.81. The average Bonchev–Trinajstić information content (AvgIpc) is 2.98. The SMILES string of the molecule is CCC1(c2ccccc2)NC(=O)N(CC(=O)Nc2ccccc2SCC(N)=O)C1=O. The van der Waals surface area contributed by atoms with Crippen LogP contribution in [0.2, 0.25) is 0 Å². The first-order chi connectivity index (χ1) is 14.4. The highest BCUT2D eigenvalue weighted by molar-refractivity contribution is 8.00. The van der Waals surface area contributed by atoms with Crippen LogP contribution in [0.15, 0.2) is 59.5 Å². The highest BCUT2D eigenvalue weighted by atomic mass is 32.2. The molecule has 30 heavy (non-hydrogen) atoms. The van der Waals surface area contributed by atoms with E-state index in [0.29, 0.717) is 22.6 Å². The molecule has 0 aromatic heterocycles. The van der Waals surface area contributed by atoms with Crippen LogP contribution in [-0.4, -0.2) is 41.0 Å². The molecule has 2 aromatic carbocycles. The average molecular weight is 426 g/mol. The molecule has 1 atom stereocenters. The predicted molar refractivity (Wildman–Crippen MR) is 114 cm³/mol. The Balaban J connectivity index is 1.74. The fourth-order valence-electron chi connectivity index (χ4n) is 3.31. The Kier molecular flexibility index (Phi) is 6.41. The van der Waals surface area contributed by atoms with E-state index in [1.807, 2.05) is 6.07 Å². The summed E-state index contributed by atoms with van der Waals surface area (Å²) in [6, 6.07) is 15.3. The molecule has 0 radical (unpaired) electrons. The first kappa shape index (κ1) is 21.4. The number of hydrogen-bond donors (Lipinski definition) is 3. The van der Waals surface area contributed by atoms with Gasteiger partial charge in [0.15, 0.2) is 0 Å². The number of benzene rings is 2. The topological polar surface area (TPSA) is 122 Å². The van der Waals surface area contributed by atoms with Crippen LogP contribution in [0, 0.1) is 0 Å². The van der Waals surface area contributed by atoms with Crippen molar-refractivity contribution < 1.29 is 19.2 Å². The molecule has 1 saturated heterocycles. The van der Waals surface area contributed by atoms with E-state index in [1.54, 1.807) is 55.5 Å². The van der Waals surface area contributed by atoms with Gasteiger partial charge in [0, 0.05) is 4.90 Å². The largest absolute Gasteiger partial charge is 0.369 e. The monoisotopic (exact) mass is 426 g/mol. The lowest BCUT2D eigenvalue weighted by atomic mass is 9.87. The number of anilines is 1. The van der Waals surface area contributed by atoms with E-state index in [0.717, 1.165) is 4.90 Å². The van der Waals surface area contributed by atoms with Crippen LogP contribution in [0.3, 0.4) is 0 Å². The summed E-state index contributed by atoms with van der Waals surface area (Å²) in [7, 11) is 0. The molecule has 0 saturated carbocycles. The molecule has 1 fully saturated rings. The normalized spacial score (nSPS) is 18.2. The van der Waals surface area contributed by atoms with Crippen LogP contribution in [0.25, 0.3) is 0 Å². The molecule has 1 aliphatic heterocycles. The van der Waals surface area contributed by atoms with Crippen molar-refractivity contribution in [2.45, 2.75) is 23.8 Å². The first-order valence-electron chi connectivity index (χ1n) is 9.37. The zero-order valence-corrected chi connectivity index (χ0v) is 17.2. The molecule has 4 N–H and O–H groups in total. The number of thioether (sulfide) groups is 1. The summed E-state index contributed by atoms with van der Waals surface area (Å²) in [6.45, 7) is 1.38. The van der Waals surface area contributed by atoms with Gasteiger partial charge in [-0.3, -0.25) is 19.3 Å².